The normalized spacial score (nSPS) is 10.5. The highest BCUT2D eigenvalue weighted by Gasteiger charge is 2.06. The standard InChI is InChI=1S/C9H14N2OS/c1-10-9(12)8-5-4-7(13-8)6-11(2)3/h4-5H,6H2,1-3H3,(H,10,12). The van der Waals surface area contributed by atoms with E-state index in [0.717, 1.165) is 11.4 Å². The van der Waals surface area contributed by atoms with Crippen molar-refractivity contribution in [3.8, 4) is 0 Å². The average molecular weight is 198 g/mol. The highest BCUT2D eigenvalue weighted by atomic mass is 32.1. The Morgan fingerprint density at radius 1 is 1.54 bits per heavy atom. The maximum Gasteiger partial charge on any atom is 0.261 e. The van der Waals surface area contributed by atoms with Crippen LogP contribution in [0.4, 0.5) is 0 Å². The van der Waals surface area contributed by atoms with Crippen molar-refractivity contribution in [2.45, 2.75) is 6.54 Å². The number of rotatable bonds is 3. The van der Waals surface area contributed by atoms with Crippen LogP contribution in [0.15, 0.2) is 12.1 Å². The second-order valence-electron chi connectivity index (χ2n) is 3.08. The van der Waals surface area contributed by atoms with E-state index in [1.165, 1.54) is 4.88 Å². The van der Waals surface area contributed by atoms with Crippen molar-refractivity contribution in [1.82, 2.24) is 10.2 Å². The van der Waals surface area contributed by atoms with Crippen LogP contribution in [-0.4, -0.2) is 32.0 Å². The number of hydrogen-bond donors (Lipinski definition) is 1. The summed E-state index contributed by atoms with van der Waals surface area (Å²) in [4.78, 5) is 15.3. The van der Waals surface area contributed by atoms with Crippen LogP contribution in [0.3, 0.4) is 0 Å². The van der Waals surface area contributed by atoms with Crippen molar-refractivity contribution in [1.29, 1.82) is 0 Å². The van der Waals surface area contributed by atoms with E-state index in [9.17, 15) is 4.79 Å². The number of carbonyl (C=O) groups is 1. The van der Waals surface area contributed by atoms with Crippen LogP contribution in [0.5, 0.6) is 0 Å². The van der Waals surface area contributed by atoms with E-state index in [-0.39, 0.29) is 5.91 Å². The van der Waals surface area contributed by atoms with Crippen molar-refractivity contribution >= 4 is 17.2 Å². The second kappa shape index (κ2) is 4.39. The molecule has 0 aliphatic rings. The molecule has 3 nitrogen and oxygen atoms in total. The molecule has 1 N–H and O–H groups in total. The van der Waals surface area contributed by atoms with Crippen LogP contribution in [0, 0.1) is 0 Å². The minimum Gasteiger partial charge on any atom is -0.354 e. The quantitative estimate of drug-likeness (QED) is 0.790. The lowest BCUT2D eigenvalue weighted by Gasteiger charge is -2.05. The van der Waals surface area contributed by atoms with Gasteiger partial charge in [-0.1, -0.05) is 0 Å². The Labute approximate surface area is 82.4 Å². The van der Waals surface area contributed by atoms with Gasteiger partial charge in [0.1, 0.15) is 0 Å². The topological polar surface area (TPSA) is 32.3 Å². The van der Waals surface area contributed by atoms with E-state index in [1.807, 2.05) is 26.2 Å². The molecular formula is C9H14N2OS. The molecule has 0 atom stereocenters. The maximum atomic E-state index is 11.2. The maximum absolute atomic E-state index is 11.2. The summed E-state index contributed by atoms with van der Waals surface area (Å²) in [6.45, 7) is 0.891. The number of hydrogen-bond acceptors (Lipinski definition) is 3. The van der Waals surface area contributed by atoms with Gasteiger partial charge in [0.05, 0.1) is 4.88 Å². The van der Waals surface area contributed by atoms with Crippen molar-refractivity contribution in [2.75, 3.05) is 21.1 Å². The first-order chi connectivity index (χ1) is 6.13. The highest BCUT2D eigenvalue weighted by Crippen LogP contribution is 2.17. The SMILES string of the molecule is CNC(=O)c1ccc(CN(C)C)s1. The summed E-state index contributed by atoms with van der Waals surface area (Å²) in [5, 5.41) is 2.61. The van der Waals surface area contributed by atoms with Gasteiger partial charge in [0.15, 0.2) is 0 Å². The summed E-state index contributed by atoms with van der Waals surface area (Å²) < 4.78 is 0. The molecule has 0 aliphatic heterocycles. The first-order valence-corrected chi connectivity index (χ1v) is 4.90. The van der Waals surface area contributed by atoms with Crippen molar-refractivity contribution < 1.29 is 4.79 Å². The van der Waals surface area contributed by atoms with Crippen molar-refractivity contribution in [3.05, 3.63) is 21.9 Å². The monoisotopic (exact) mass is 198 g/mol. The third-order valence-corrected chi connectivity index (χ3v) is 2.65. The van der Waals surface area contributed by atoms with Crippen molar-refractivity contribution in [3.63, 3.8) is 0 Å². The van der Waals surface area contributed by atoms with Gasteiger partial charge in [-0.3, -0.25) is 4.79 Å². The summed E-state index contributed by atoms with van der Waals surface area (Å²) in [7, 11) is 5.67. The number of nitrogens with zero attached hydrogens (tertiary/aromatic N) is 1. The lowest BCUT2D eigenvalue weighted by atomic mass is 10.4. The van der Waals surface area contributed by atoms with Crippen LogP contribution < -0.4 is 5.32 Å². The van der Waals surface area contributed by atoms with E-state index in [0.29, 0.717) is 0 Å². The zero-order chi connectivity index (χ0) is 9.84. The lowest BCUT2D eigenvalue weighted by molar-refractivity contribution is 0.0967. The van der Waals surface area contributed by atoms with Gasteiger partial charge in [-0.15, -0.1) is 11.3 Å². The molecular weight excluding hydrogens is 184 g/mol. The van der Waals surface area contributed by atoms with Crippen LogP contribution in [0.2, 0.25) is 0 Å². The van der Waals surface area contributed by atoms with Gasteiger partial charge < -0.3 is 10.2 Å². The molecule has 0 radical (unpaired) electrons. The van der Waals surface area contributed by atoms with Gasteiger partial charge in [-0.25, -0.2) is 0 Å². The molecule has 4 heteroatoms. The summed E-state index contributed by atoms with van der Waals surface area (Å²) in [6.07, 6.45) is 0. The molecule has 13 heavy (non-hydrogen) atoms. The third kappa shape index (κ3) is 2.82. The van der Waals surface area contributed by atoms with E-state index in [1.54, 1.807) is 18.4 Å². The van der Waals surface area contributed by atoms with Crippen LogP contribution >= 0.6 is 11.3 Å². The Kier molecular flexibility index (Phi) is 3.45. The fourth-order valence-electron chi connectivity index (χ4n) is 1.02. The second-order valence-corrected chi connectivity index (χ2v) is 4.25. The molecule has 1 aromatic heterocycles. The number of carbonyl (C=O) groups excluding carboxylic acids is 1. The fraction of sp³-hybridized carbons (Fsp3) is 0.444. The number of amides is 1. The Balaban J connectivity index is 2.69. The number of nitrogens with one attached hydrogen (secondary N) is 1. The Morgan fingerprint density at radius 2 is 2.23 bits per heavy atom. The summed E-state index contributed by atoms with van der Waals surface area (Å²) >= 11 is 1.54. The molecule has 0 saturated carbocycles. The Hall–Kier alpha value is -0.870. The molecule has 0 saturated heterocycles. The van der Waals surface area contributed by atoms with Crippen LogP contribution in [0.25, 0.3) is 0 Å². The third-order valence-electron chi connectivity index (χ3n) is 1.58. The molecule has 1 aromatic rings. The van der Waals surface area contributed by atoms with E-state index in [2.05, 4.69) is 10.2 Å². The zero-order valence-electron chi connectivity index (χ0n) is 8.13. The van der Waals surface area contributed by atoms with Crippen LogP contribution in [0.1, 0.15) is 14.5 Å². The van der Waals surface area contributed by atoms with Crippen molar-refractivity contribution in [2.24, 2.45) is 0 Å². The summed E-state index contributed by atoms with van der Waals surface area (Å²) in [5.41, 5.74) is 0. The molecule has 0 unspecified atom stereocenters. The first-order valence-electron chi connectivity index (χ1n) is 4.09. The predicted molar refractivity (Wildman–Crippen MR) is 55.1 cm³/mol. The Bertz CT molecular complexity index is 294. The largest absolute Gasteiger partial charge is 0.354 e. The van der Waals surface area contributed by atoms with Crippen LogP contribution in [-0.2, 0) is 6.54 Å². The van der Waals surface area contributed by atoms with Gasteiger partial charge in [-0.05, 0) is 26.2 Å². The summed E-state index contributed by atoms with van der Waals surface area (Å²) in [5.74, 6) is -0.00462. The zero-order valence-corrected chi connectivity index (χ0v) is 8.94. The molecule has 72 valence electrons. The fourth-order valence-corrected chi connectivity index (χ4v) is 2.09. The molecule has 0 bridgehead atoms. The molecule has 1 rings (SSSR count). The highest BCUT2D eigenvalue weighted by molar-refractivity contribution is 7.14. The van der Waals surface area contributed by atoms with Gasteiger partial charge >= 0.3 is 0 Å². The summed E-state index contributed by atoms with van der Waals surface area (Å²) in [6, 6.07) is 3.86. The van der Waals surface area contributed by atoms with E-state index >= 15 is 0 Å². The molecule has 1 heterocycles. The molecule has 0 aliphatic carbocycles. The van der Waals surface area contributed by atoms with E-state index in [4.69, 9.17) is 0 Å². The minimum absolute atomic E-state index is 0.00462. The molecule has 0 fully saturated rings. The van der Waals surface area contributed by atoms with Gasteiger partial charge in [0.2, 0.25) is 0 Å². The van der Waals surface area contributed by atoms with Gasteiger partial charge in [0.25, 0.3) is 5.91 Å². The lowest BCUT2D eigenvalue weighted by Crippen LogP contribution is -2.16. The predicted octanol–water partition coefficient (Wildman–Crippen LogP) is 1.17. The van der Waals surface area contributed by atoms with Gasteiger partial charge in [-0.2, -0.15) is 0 Å². The van der Waals surface area contributed by atoms with Gasteiger partial charge in [0, 0.05) is 18.5 Å². The Morgan fingerprint density at radius 3 is 2.77 bits per heavy atom. The minimum atomic E-state index is -0.00462. The molecule has 0 spiro atoms. The molecule has 1 amide bonds. The first kappa shape index (κ1) is 10.2. The molecule has 0 aromatic carbocycles. The average Bonchev–Trinajstić information content (AvgIpc) is 2.50. The smallest absolute Gasteiger partial charge is 0.261 e. The number of thiophene rings is 1. The van der Waals surface area contributed by atoms with E-state index < -0.39 is 0 Å².